The summed E-state index contributed by atoms with van der Waals surface area (Å²) in [6, 6.07) is -0.713. The molecular formula is C7H14N4O2. The van der Waals surface area contributed by atoms with Crippen LogP contribution in [0, 0.1) is 0 Å². The molecule has 1 aliphatic rings. The topological polar surface area (TPSA) is 64.7 Å². The minimum atomic E-state index is -0.414. The van der Waals surface area contributed by atoms with E-state index in [0.717, 1.165) is 4.90 Å². The van der Waals surface area contributed by atoms with Crippen LogP contribution in [-0.4, -0.2) is 48.8 Å². The van der Waals surface area contributed by atoms with Crippen LogP contribution in [0.25, 0.3) is 0 Å². The third-order valence-electron chi connectivity index (χ3n) is 1.84. The first-order valence-corrected chi connectivity index (χ1v) is 4.11. The maximum absolute atomic E-state index is 11.3. The number of hydrogen-bond acceptors (Lipinski definition) is 3. The first kappa shape index (κ1) is 9.79. The number of carbonyl (C=O) groups excluding carboxylic acids is 2. The lowest BCUT2D eigenvalue weighted by atomic mass is 10.5. The van der Waals surface area contributed by atoms with E-state index in [1.807, 2.05) is 0 Å². The van der Waals surface area contributed by atoms with Crippen molar-refractivity contribution in [2.24, 2.45) is 0 Å². The lowest BCUT2D eigenvalue weighted by molar-refractivity contribution is 0.133. The van der Waals surface area contributed by atoms with Crippen LogP contribution in [0.3, 0.4) is 0 Å². The van der Waals surface area contributed by atoms with Crippen molar-refractivity contribution in [3.05, 3.63) is 0 Å². The molecule has 6 heteroatoms. The summed E-state index contributed by atoms with van der Waals surface area (Å²) in [7, 11) is 3.54. The van der Waals surface area contributed by atoms with E-state index in [0.29, 0.717) is 6.54 Å². The molecule has 1 saturated heterocycles. The van der Waals surface area contributed by atoms with E-state index in [4.69, 9.17) is 0 Å². The number of nitrogens with one attached hydrogen (secondary N) is 2. The highest BCUT2D eigenvalue weighted by atomic mass is 16.2. The fourth-order valence-electron chi connectivity index (χ4n) is 1.06. The van der Waals surface area contributed by atoms with Crippen LogP contribution in [0.1, 0.15) is 6.92 Å². The second-order valence-electron chi connectivity index (χ2n) is 3.01. The van der Waals surface area contributed by atoms with E-state index in [2.05, 4.69) is 10.6 Å². The summed E-state index contributed by atoms with van der Waals surface area (Å²) in [6.07, 6.45) is -0.414. The maximum Gasteiger partial charge on any atom is 0.328 e. The van der Waals surface area contributed by atoms with Gasteiger partial charge in [0.25, 0.3) is 0 Å². The van der Waals surface area contributed by atoms with E-state index in [1.54, 1.807) is 25.9 Å². The summed E-state index contributed by atoms with van der Waals surface area (Å²) in [5.74, 6) is 0. The third-order valence-corrected chi connectivity index (χ3v) is 1.84. The van der Waals surface area contributed by atoms with Gasteiger partial charge in [-0.1, -0.05) is 0 Å². The molecule has 2 N–H and O–H groups in total. The monoisotopic (exact) mass is 186 g/mol. The molecule has 4 amide bonds. The SMILES string of the molecule is CCN1C(=O)NC(N(C)C)NC1=O. The summed E-state index contributed by atoms with van der Waals surface area (Å²) >= 11 is 0. The Hall–Kier alpha value is -1.30. The quantitative estimate of drug-likeness (QED) is 0.616. The Balaban J connectivity index is 2.67. The van der Waals surface area contributed by atoms with Crippen molar-refractivity contribution in [3.8, 4) is 0 Å². The number of amides is 4. The van der Waals surface area contributed by atoms with Crippen molar-refractivity contribution in [2.75, 3.05) is 20.6 Å². The molecule has 1 heterocycles. The Morgan fingerprint density at radius 1 is 1.31 bits per heavy atom. The summed E-state index contributed by atoms with van der Waals surface area (Å²) in [6.45, 7) is 2.12. The number of imide groups is 1. The van der Waals surface area contributed by atoms with Gasteiger partial charge in [0.2, 0.25) is 0 Å². The molecule has 0 radical (unpaired) electrons. The van der Waals surface area contributed by atoms with E-state index in [9.17, 15) is 9.59 Å². The molecule has 0 saturated carbocycles. The average molecular weight is 186 g/mol. The Morgan fingerprint density at radius 3 is 2.08 bits per heavy atom. The minimum Gasteiger partial charge on any atom is -0.304 e. The van der Waals surface area contributed by atoms with Gasteiger partial charge in [0.15, 0.2) is 6.29 Å². The molecule has 0 bridgehead atoms. The third kappa shape index (κ3) is 1.89. The molecule has 0 aromatic rings. The molecule has 1 rings (SSSR count). The van der Waals surface area contributed by atoms with Crippen molar-refractivity contribution in [1.29, 1.82) is 0 Å². The van der Waals surface area contributed by atoms with Gasteiger partial charge in [-0.05, 0) is 21.0 Å². The summed E-state index contributed by atoms with van der Waals surface area (Å²) < 4.78 is 0. The molecule has 0 aliphatic carbocycles. The van der Waals surface area contributed by atoms with Crippen molar-refractivity contribution in [1.82, 2.24) is 20.4 Å². The number of rotatable bonds is 2. The van der Waals surface area contributed by atoms with Gasteiger partial charge in [-0.2, -0.15) is 0 Å². The summed E-state index contributed by atoms with van der Waals surface area (Å²) in [5.41, 5.74) is 0. The first-order valence-electron chi connectivity index (χ1n) is 4.11. The Bertz CT molecular complexity index is 211. The second-order valence-corrected chi connectivity index (χ2v) is 3.01. The summed E-state index contributed by atoms with van der Waals surface area (Å²) in [5, 5.41) is 5.26. The van der Waals surface area contributed by atoms with Crippen LogP contribution in [0.4, 0.5) is 9.59 Å². The molecule has 0 aromatic carbocycles. The van der Waals surface area contributed by atoms with Crippen LogP contribution in [0.5, 0.6) is 0 Å². The fourth-order valence-corrected chi connectivity index (χ4v) is 1.06. The second kappa shape index (κ2) is 3.61. The van der Waals surface area contributed by atoms with Crippen LogP contribution >= 0.6 is 0 Å². The van der Waals surface area contributed by atoms with Crippen molar-refractivity contribution >= 4 is 12.1 Å². The fraction of sp³-hybridized carbons (Fsp3) is 0.714. The molecule has 0 atom stereocenters. The molecule has 0 aromatic heterocycles. The highest BCUT2D eigenvalue weighted by Gasteiger charge is 2.30. The molecular weight excluding hydrogens is 172 g/mol. The van der Waals surface area contributed by atoms with E-state index in [1.165, 1.54) is 0 Å². The normalized spacial score (nSPS) is 18.9. The molecule has 1 aliphatic heterocycles. The smallest absolute Gasteiger partial charge is 0.304 e. The van der Waals surface area contributed by atoms with Crippen molar-refractivity contribution in [2.45, 2.75) is 13.2 Å². The molecule has 0 unspecified atom stereocenters. The average Bonchev–Trinajstić information content (AvgIpc) is 2.03. The highest BCUT2D eigenvalue weighted by molar-refractivity contribution is 5.95. The first-order chi connectivity index (χ1) is 6.06. The van der Waals surface area contributed by atoms with E-state index < -0.39 is 6.29 Å². The molecule has 74 valence electrons. The van der Waals surface area contributed by atoms with Gasteiger partial charge in [0, 0.05) is 6.54 Å². The number of hydrogen-bond donors (Lipinski definition) is 2. The van der Waals surface area contributed by atoms with Gasteiger partial charge in [0.1, 0.15) is 0 Å². The van der Waals surface area contributed by atoms with Gasteiger partial charge >= 0.3 is 12.1 Å². The van der Waals surface area contributed by atoms with E-state index >= 15 is 0 Å². The lowest BCUT2D eigenvalue weighted by Crippen LogP contribution is -2.67. The minimum absolute atomic E-state index is 0.357. The number of carbonyl (C=O) groups is 2. The zero-order valence-corrected chi connectivity index (χ0v) is 8.00. The maximum atomic E-state index is 11.3. The van der Waals surface area contributed by atoms with Gasteiger partial charge in [-0.15, -0.1) is 0 Å². The molecule has 13 heavy (non-hydrogen) atoms. The van der Waals surface area contributed by atoms with Gasteiger partial charge in [-0.25, -0.2) is 14.5 Å². The zero-order chi connectivity index (χ0) is 10.0. The van der Waals surface area contributed by atoms with Crippen LogP contribution in [-0.2, 0) is 0 Å². The predicted octanol–water partition coefficient (Wildman–Crippen LogP) is -0.414. The number of urea groups is 2. The lowest BCUT2D eigenvalue weighted by Gasteiger charge is -2.34. The van der Waals surface area contributed by atoms with Gasteiger partial charge in [0.05, 0.1) is 0 Å². The van der Waals surface area contributed by atoms with E-state index in [-0.39, 0.29) is 12.1 Å². The van der Waals surface area contributed by atoms with Crippen molar-refractivity contribution in [3.63, 3.8) is 0 Å². The number of nitrogens with zero attached hydrogens (tertiary/aromatic N) is 2. The Morgan fingerprint density at radius 2 is 1.77 bits per heavy atom. The van der Waals surface area contributed by atoms with Crippen LogP contribution in [0.2, 0.25) is 0 Å². The van der Waals surface area contributed by atoms with Gasteiger partial charge in [-0.3, -0.25) is 4.90 Å². The van der Waals surface area contributed by atoms with Crippen LogP contribution < -0.4 is 10.6 Å². The standard InChI is InChI=1S/C7H14N4O2/c1-4-11-6(12)8-5(10(2)3)9-7(11)13/h5H,4H2,1-3H3,(H,8,12)(H,9,13). The molecule has 6 nitrogen and oxygen atoms in total. The zero-order valence-electron chi connectivity index (χ0n) is 8.00. The van der Waals surface area contributed by atoms with Crippen molar-refractivity contribution < 1.29 is 9.59 Å². The largest absolute Gasteiger partial charge is 0.328 e. The highest BCUT2D eigenvalue weighted by Crippen LogP contribution is 1.99. The van der Waals surface area contributed by atoms with Crippen LogP contribution in [0.15, 0.2) is 0 Å². The summed E-state index contributed by atoms with van der Waals surface area (Å²) in [4.78, 5) is 25.4. The Labute approximate surface area is 76.9 Å². The predicted molar refractivity (Wildman–Crippen MR) is 46.9 cm³/mol. The van der Waals surface area contributed by atoms with Gasteiger partial charge < -0.3 is 10.6 Å². The Kier molecular flexibility index (Phi) is 2.72. The molecule has 0 spiro atoms. The molecule has 1 fully saturated rings.